The summed E-state index contributed by atoms with van der Waals surface area (Å²) < 4.78 is 4.94. The predicted octanol–water partition coefficient (Wildman–Crippen LogP) is 1.39. The standard InChI is InChI=1S/C15H24N2O3/c1-12(16-11-15(2,19)9-10-20-3)14(18)17-13-7-5-4-6-8-13/h4-8,12,16,19H,9-11H2,1-3H3,(H,17,18). The van der Waals surface area contributed by atoms with Crippen molar-refractivity contribution in [3.05, 3.63) is 30.3 Å². The van der Waals surface area contributed by atoms with Gasteiger partial charge in [-0.25, -0.2) is 0 Å². The van der Waals surface area contributed by atoms with Gasteiger partial charge in [-0.05, 0) is 26.0 Å². The van der Waals surface area contributed by atoms with Crippen LogP contribution in [-0.4, -0.2) is 42.9 Å². The van der Waals surface area contributed by atoms with Crippen LogP contribution in [0.1, 0.15) is 20.3 Å². The molecule has 112 valence electrons. The van der Waals surface area contributed by atoms with Crippen molar-refractivity contribution in [3.63, 3.8) is 0 Å². The first-order chi connectivity index (χ1) is 9.44. The number of carbonyl (C=O) groups is 1. The third kappa shape index (κ3) is 6.14. The Morgan fingerprint density at radius 2 is 2.05 bits per heavy atom. The zero-order valence-corrected chi connectivity index (χ0v) is 12.3. The minimum absolute atomic E-state index is 0.126. The number of anilines is 1. The Labute approximate surface area is 120 Å². The molecule has 0 bridgehead atoms. The van der Waals surface area contributed by atoms with E-state index in [4.69, 9.17) is 4.74 Å². The molecule has 1 rings (SSSR count). The van der Waals surface area contributed by atoms with E-state index in [0.29, 0.717) is 19.6 Å². The predicted molar refractivity (Wildman–Crippen MR) is 79.7 cm³/mol. The van der Waals surface area contributed by atoms with Gasteiger partial charge < -0.3 is 20.5 Å². The third-order valence-electron chi connectivity index (χ3n) is 3.07. The van der Waals surface area contributed by atoms with E-state index in [1.54, 1.807) is 21.0 Å². The van der Waals surface area contributed by atoms with Crippen molar-refractivity contribution in [2.45, 2.75) is 31.9 Å². The first-order valence-electron chi connectivity index (χ1n) is 6.75. The van der Waals surface area contributed by atoms with E-state index < -0.39 is 5.60 Å². The molecule has 0 saturated carbocycles. The van der Waals surface area contributed by atoms with Crippen LogP contribution in [0.2, 0.25) is 0 Å². The van der Waals surface area contributed by atoms with Gasteiger partial charge in [-0.2, -0.15) is 0 Å². The molecule has 1 aromatic carbocycles. The van der Waals surface area contributed by atoms with E-state index in [0.717, 1.165) is 5.69 Å². The molecule has 5 nitrogen and oxygen atoms in total. The smallest absolute Gasteiger partial charge is 0.241 e. The highest BCUT2D eigenvalue weighted by atomic mass is 16.5. The molecule has 0 radical (unpaired) electrons. The number of aliphatic hydroxyl groups is 1. The van der Waals surface area contributed by atoms with E-state index in [1.165, 1.54) is 0 Å². The van der Waals surface area contributed by atoms with Gasteiger partial charge in [-0.15, -0.1) is 0 Å². The Hall–Kier alpha value is -1.43. The highest BCUT2D eigenvalue weighted by molar-refractivity contribution is 5.94. The summed E-state index contributed by atoms with van der Waals surface area (Å²) in [4.78, 5) is 12.0. The average molecular weight is 280 g/mol. The van der Waals surface area contributed by atoms with Crippen molar-refractivity contribution in [3.8, 4) is 0 Å². The lowest BCUT2D eigenvalue weighted by atomic mass is 10.0. The minimum Gasteiger partial charge on any atom is -0.389 e. The number of nitrogens with one attached hydrogen (secondary N) is 2. The number of methoxy groups -OCH3 is 1. The molecule has 2 atom stereocenters. The summed E-state index contributed by atoms with van der Waals surface area (Å²) in [6, 6.07) is 8.90. The zero-order chi connectivity index (χ0) is 15.0. The first kappa shape index (κ1) is 16.6. The van der Waals surface area contributed by atoms with Gasteiger partial charge >= 0.3 is 0 Å². The summed E-state index contributed by atoms with van der Waals surface area (Å²) in [5.41, 5.74) is -0.130. The van der Waals surface area contributed by atoms with Crippen LogP contribution in [0.25, 0.3) is 0 Å². The molecule has 2 unspecified atom stereocenters. The number of para-hydroxylation sites is 1. The maximum Gasteiger partial charge on any atom is 0.241 e. The highest BCUT2D eigenvalue weighted by Gasteiger charge is 2.22. The quantitative estimate of drug-likeness (QED) is 0.673. The Morgan fingerprint density at radius 1 is 1.40 bits per heavy atom. The Kier molecular flexibility index (Phi) is 6.64. The van der Waals surface area contributed by atoms with Crippen LogP contribution in [0.3, 0.4) is 0 Å². The number of amides is 1. The van der Waals surface area contributed by atoms with Crippen molar-refractivity contribution in [1.29, 1.82) is 0 Å². The van der Waals surface area contributed by atoms with Gasteiger partial charge in [-0.3, -0.25) is 4.79 Å². The van der Waals surface area contributed by atoms with E-state index in [1.807, 2.05) is 30.3 Å². The van der Waals surface area contributed by atoms with Gasteiger partial charge in [0.05, 0.1) is 11.6 Å². The molecule has 0 fully saturated rings. The van der Waals surface area contributed by atoms with Crippen LogP contribution in [0.5, 0.6) is 0 Å². The van der Waals surface area contributed by atoms with Crippen molar-refractivity contribution in [2.24, 2.45) is 0 Å². The van der Waals surface area contributed by atoms with Crippen LogP contribution in [0.15, 0.2) is 30.3 Å². The summed E-state index contributed by atoms with van der Waals surface area (Å²) in [7, 11) is 1.60. The van der Waals surface area contributed by atoms with E-state index in [-0.39, 0.29) is 11.9 Å². The van der Waals surface area contributed by atoms with Crippen LogP contribution in [-0.2, 0) is 9.53 Å². The Morgan fingerprint density at radius 3 is 2.65 bits per heavy atom. The molecule has 1 amide bonds. The Balaban J connectivity index is 2.38. The maximum atomic E-state index is 12.0. The lowest BCUT2D eigenvalue weighted by Gasteiger charge is -2.25. The zero-order valence-electron chi connectivity index (χ0n) is 12.3. The monoisotopic (exact) mass is 280 g/mol. The molecule has 0 aliphatic carbocycles. The van der Waals surface area contributed by atoms with Crippen LogP contribution in [0.4, 0.5) is 5.69 Å². The average Bonchev–Trinajstić information content (AvgIpc) is 2.44. The van der Waals surface area contributed by atoms with Crippen molar-refractivity contribution in [1.82, 2.24) is 5.32 Å². The summed E-state index contributed by atoms with van der Waals surface area (Å²) in [6.07, 6.45) is 0.517. The van der Waals surface area contributed by atoms with Crippen molar-refractivity contribution < 1.29 is 14.6 Å². The normalized spacial score (nSPS) is 15.4. The summed E-state index contributed by atoms with van der Waals surface area (Å²) in [5, 5.41) is 15.9. The number of hydrogen-bond donors (Lipinski definition) is 3. The molecular weight excluding hydrogens is 256 g/mol. The van der Waals surface area contributed by atoms with Crippen LogP contribution >= 0.6 is 0 Å². The fourth-order valence-corrected chi connectivity index (χ4v) is 1.65. The number of ether oxygens (including phenoxy) is 1. The number of benzene rings is 1. The minimum atomic E-state index is -0.892. The van der Waals surface area contributed by atoms with Gasteiger partial charge in [0.2, 0.25) is 5.91 Å². The lowest BCUT2D eigenvalue weighted by molar-refractivity contribution is -0.118. The molecule has 0 aromatic heterocycles. The van der Waals surface area contributed by atoms with Crippen LogP contribution < -0.4 is 10.6 Å². The summed E-state index contributed by atoms with van der Waals surface area (Å²) in [5.74, 6) is -0.126. The van der Waals surface area contributed by atoms with Gasteiger partial charge in [0.25, 0.3) is 0 Å². The summed E-state index contributed by atoms with van der Waals surface area (Å²) >= 11 is 0. The molecule has 0 spiro atoms. The van der Waals surface area contributed by atoms with Gasteiger partial charge in [0, 0.05) is 32.4 Å². The van der Waals surface area contributed by atoms with Gasteiger partial charge in [0.1, 0.15) is 0 Å². The topological polar surface area (TPSA) is 70.6 Å². The SMILES string of the molecule is COCCC(C)(O)CNC(C)C(=O)Nc1ccccc1. The molecule has 0 aliphatic rings. The largest absolute Gasteiger partial charge is 0.389 e. The highest BCUT2D eigenvalue weighted by Crippen LogP contribution is 2.09. The van der Waals surface area contributed by atoms with Crippen molar-refractivity contribution in [2.75, 3.05) is 25.6 Å². The maximum absolute atomic E-state index is 12.0. The fourth-order valence-electron chi connectivity index (χ4n) is 1.65. The summed E-state index contributed by atoms with van der Waals surface area (Å²) in [6.45, 7) is 4.31. The number of rotatable bonds is 8. The third-order valence-corrected chi connectivity index (χ3v) is 3.07. The van der Waals surface area contributed by atoms with Crippen LogP contribution in [0, 0.1) is 0 Å². The first-order valence-corrected chi connectivity index (χ1v) is 6.75. The second kappa shape index (κ2) is 7.99. The molecular formula is C15H24N2O3. The van der Waals surface area contributed by atoms with E-state index >= 15 is 0 Å². The van der Waals surface area contributed by atoms with Gasteiger partial charge in [0.15, 0.2) is 0 Å². The second-order valence-electron chi connectivity index (χ2n) is 5.20. The fraction of sp³-hybridized carbons (Fsp3) is 0.533. The molecule has 5 heteroatoms. The molecule has 0 heterocycles. The second-order valence-corrected chi connectivity index (χ2v) is 5.20. The van der Waals surface area contributed by atoms with E-state index in [9.17, 15) is 9.90 Å². The van der Waals surface area contributed by atoms with Gasteiger partial charge in [-0.1, -0.05) is 18.2 Å². The van der Waals surface area contributed by atoms with E-state index in [2.05, 4.69) is 10.6 Å². The molecule has 0 saturated heterocycles. The molecule has 1 aromatic rings. The number of hydrogen-bond acceptors (Lipinski definition) is 4. The molecule has 0 aliphatic heterocycles. The Bertz CT molecular complexity index is 407. The molecule has 20 heavy (non-hydrogen) atoms. The molecule has 3 N–H and O–H groups in total. The lowest BCUT2D eigenvalue weighted by Crippen LogP contribution is -2.46. The van der Waals surface area contributed by atoms with Crippen molar-refractivity contribution >= 4 is 11.6 Å². The number of carbonyl (C=O) groups excluding carboxylic acids is 1.